The summed E-state index contributed by atoms with van der Waals surface area (Å²) in [6.07, 6.45) is 0.808. The van der Waals surface area contributed by atoms with Crippen LogP contribution in [0.1, 0.15) is 52.6 Å². The highest BCUT2D eigenvalue weighted by Gasteiger charge is 2.33. The van der Waals surface area contributed by atoms with Gasteiger partial charge < -0.3 is 26.3 Å². The number of carbonyl (C=O) groups is 2. The van der Waals surface area contributed by atoms with Crippen LogP contribution in [-0.2, 0) is 11.3 Å². The molecule has 0 saturated carbocycles. The third kappa shape index (κ3) is 4.85. The molecule has 0 spiro atoms. The second kappa shape index (κ2) is 10.2. The summed E-state index contributed by atoms with van der Waals surface area (Å²) >= 11 is 0. The first-order chi connectivity index (χ1) is 16.8. The zero-order valence-corrected chi connectivity index (χ0v) is 20.2. The second-order valence-corrected chi connectivity index (χ2v) is 8.79. The molecule has 1 fully saturated rings. The fourth-order valence-electron chi connectivity index (χ4n) is 4.48. The van der Waals surface area contributed by atoms with Crippen molar-refractivity contribution in [2.75, 3.05) is 19.5 Å². The topological polar surface area (TPSA) is 134 Å². The quantitative estimate of drug-likeness (QED) is 0.478. The highest BCUT2D eigenvalue weighted by molar-refractivity contribution is 6.03. The minimum Gasteiger partial charge on any atom is -0.496 e. The molecule has 1 aromatic heterocycles. The van der Waals surface area contributed by atoms with Crippen molar-refractivity contribution in [1.82, 2.24) is 15.1 Å². The predicted molar refractivity (Wildman–Crippen MR) is 133 cm³/mol. The van der Waals surface area contributed by atoms with E-state index in [9.17, 15) is 9.59 Å². The SMILES string of the molecule is COc1ccccc1C(=O)NCc1ccc(-c2nn([C@H]3CCO[C@@H](C)[C@H]3C)c(N)c2C(N)=O)cc1. The molecule has 35 heavy (non-hydrogen) atoms. The van der Waals surface area contributed by atoms with E-state index in [0.717, 1.165) is 17.5 Å². The number of carbonyl (C=O) groups excluding carboxylic acids is 2. The maximum Gasteiger partial charge on any atom is 0.255 e. The number of nitrogens with one attached hydrogen (secondary N) is 1. The summed E-state index contributed by atoms with van der Waals surface area (Å²) < 4.78 is 12.7. The van der Waals surface area contributed by atoms with E-state index in [-0.39, 0.29) is 35.4 Å². The van der Waals surface area contributed by atoms with Gasteiger partial charge in [-0.05, 0) is 31.0 Å². The molecule has 184 valence electrons. The molecule has 3 atom stereocenters. The lowest BCUT2D eigenvalue weighted by molar-refractivity contribution is -0.0370. The third-order valence-electron chi connectivity index (χ3n) is 6.68. The highest BCUT2D eigenvalue weighted by Crippen LogP contribution is 2.36. The van der Waals surface area contributed by atoms with Gasteiger partial charge in [0.05, 0.1) is 24.8 Å². The largest absolute Gasteiger partial charge is 0.496 e. The Bertz CT molecular complexity index is 1220. The molecule has 4 rings (SSSR count). The van der Waals surface area contributed by atoms with Crippen molar-refractivity contribution >= 4 is 17.6 Å². The monoisotopic (exact) mass is 477 g/mol. The van der Waals surface area contributed by atoms with Crippen LogP contribution in [0.4, 0.5) is 5.82 Å². The molecule has 9 nitrogen and oxygen atoms in total. The molecule has 0 bridgehead atoms. The highest BCUT2D eigenvalue weighted by atomic mass is 16.5. The maximum absolute atomic E-state index is 12.6. The van der Waals surface area contributed by atoms with E-state index in [1.165, 1.54) is 7.11 Å². The summed E-state index contributed by atoms with van der Waals surface area (Å²) in [5, 5.41) is 7.62. The van der Waals surface area contributed by atoms with Gasteiger partial charge >= 0.3 is 0 Å². The summed E-state index contributed by atoms with van der Waals surface area (Å²) in [5.41, 5.74) is 14.8. The lowest BCUT2D eigenvalue weighted by atomic mass is 9.92. The van der Waals surface area contributed by atoms with Crippen molar-refractivity contribution < 1.29 is 19.1 Å². The van der Waals surface area contributed by atoms with E-state index < -0.39 is 5.91 Å². The zero-order valence-electron chi connectivity index (χ0n) is 20.2. The molecule has 1 aliphatic rings. The third-order valence-corrected chi connectivity index (χ3v) is 6.68. The van der Waals surface area contributed by atoms with Crippen LogP contribution >= 0.6 is 0 Å². The number of hydrogen-bond acceptors (Lipinski definition) is 6. The normalized spacial score (nSPS) is 19.8. The van der Waals surface area contributed by atoms with Crippen LogP contribution in [0.15, 0.2) is 48.5 Å². The Kier molecular flexibility index (Phi) is 7.07. The first kappa shape index (κ1) is 24.3. The van der Waals surface area contributed by atoms with Gasteiger partial charge in [0.2, 0.25) is 0 Å². The number of methoxy groups -OCH3 is 1. The standard InChI is InChI=1S/C26H31N5O4/c1-15-16(2)35-13-12-20(15)31-24(27)22(25(28)32)23(30-31)18-10-8-17(9-11-18)14-29-26(33)19-6-4-5-7-21(19)34-3/h4-11,15-16,20H,12-14,27H2,1-3H3,(H2,28,32)(H,29,33)/t15-,16+,20+/m1/s1. The van der Waals surface area contributed by atoms with Crippen LogP contribution in [0.3, 0.4) is 0 Å². The summed E-state index contributed by atoms with van der Waals surface area (Å²) in [7, 11) is 1.53. The number of rotatable bonds is 7. The number of benzene rings is 2. The summed E-state index contributed by atoms with van der Waals surface area (Å²) in [6.45, 7) is 5.05. The van der Waals surface area contributed by atoms with Crippen LogP contribution in [0, 0.1) is 5.92 Å². The summed E-state index contributed by atoms with van der Waals surface area (Å²) in [5.74, 6) is 0.111. The Balaban J connectivity index is 1.55. The lowest BCUT2D eigenvalue weighted by Crippen LogP contribution is -2.35. The van der Waals surface area contributed by atoms with E-state index in [0.29, 0.717) is 30.2 Å². The van der Waals surface area contributed by atoms with Crippen LogP contribution < -0.4 is 21.5 Å². The van der Waals surface area contributed by atoms with Crippen molar-refractivity contribution in [3.8, 4) is 17.0 Å². The number of hydrogen-bond donors (Lipinski definition) is 3. The van der Waals surface area contributed by atoms with Crippen LogP contribution in [-0.4, -0.2) is 41.4 Å². The minimum atomic E-state index is -0.621. The number of para-hydroxylation sites is 1. The van der Waals surface area contributed by atoms with Gasteiger partial charge in [-0.3, -0.25) is 9.59 Å². The summed E-state index contributed by atoms with van der Waals surface area (Å²) in [6, 6.07) is 14.5. The molecule has 1 aliphatic heterocycles. The zero-order chi connectivity index (χ0) is 25.1. The van der Waals surface area contributed by atoms with E-state index in [1.54, 1.807) is 22.9 Å². The Hall–Kier alpha value is -3.85. The lowest BCUT2D eigenvalue weighted by Gasteiger charge is -2.34. The van der Waals surface area contributed by atoms with Gasteiger partial charge in [-0.2, -0.15) is 5.10 Å². The van der Waals surface area contributed by atoms with Gasteiger partial charge in [0, 0.05) is 24.6 Å². The fraction of sp³-hybridized carbons (Fsp3) is 0.346. The molecule has 1 saturated heterocycles. The van der Waals surface area contributed by atoms with Gasteiger partial charge in [0.25, 0.3) is 11.8 Å². The van der Waals surface area contributed by atoms with Gasteiger partial charge in [-0.25, -0.2) is 4.68 Å². The molecular weight excluding hydrogens is 446 g/mol. The number of anilines is 1. The average molecular weight is 478 g/mol. The van der Waals surface area contributed by atoms with E-state index >= 15 is 0 Å². The van der Waals surface area contributed by atoms with Crippen molar-refractivity contribution in [2.45, 2.75) is 39.0 Å². The number of nitrogens with zero attached hydrogens (tertiary/aromatic N) is 2. The Morgan fingerprint density at radius 1 is 1.17 bits per heavy atom. The molecular formula is C26H31N5O4. The number of nitrogens with two attached hydrogens (primary N) is 2. The Morgan fingerprint density at radius 2 is 1.89 bits per heavy atom. The number of aromatic nitrogens is 2. The molecule has 2 amide bonds. The van der Waals surface area contributed by atoms with Gasteiger partial charge in [0.15, 0.2) is 0 Å². The smallest absolute Gasteiger partial charge is 0.255 e. The van der Waals surface area contributed by atoms with Gasteiger partial charge in [-0.15, -0.1) is 0 Å². The molecule has 9 heteroatoms. The second-order valence-electron chi connectivity index (χ2n) is 8.79. The number of nitrogen functional groups attached to an aromatic ring is 1. The van der Waals surface area contributed by atoms with Crippen molar-refractivity contribution in [3.05, 3.63) is 65.2 Å². The van der Waals surface area contributed by atoms with Crippen molar-refractivity contribution in [3.63, 3.8) is 0 Å². The van der Waals surface area contributed by atoms with Gasteiger partial charge in [0.1, 0.15) is 22.8 Å². The molecule has 5 N–H and O–H groups in total. The first-order valence-corrected chi connectivity index (χ1v) is 11.6. The molecule has 0 radical (unpaired) electrons. The van der Waals surface area contributed by atoms with Crippen LogP contribution in [0.25, 0.3) is 11.3 Å². The Labute approximate surface area is 204 Å². The van der Waals surface area contributed by atoms with Gasteiger partial charge in [-0.1, -0.05) is 43.3 Å². The predicted octanol–water partition coefficient (Wildman–Crippen LogP) is 3.16. The average Bonchev–Trinajstić information content (AvgIpc) is 3.21. The van der Waals surface area contributed by atoms with Crippen LogP contribution in [0.5, 0.6) is 5.75 Å². The van der Waals surface area contributed by atoms with Crippen LogP contribution in [0.2, 0.25) is 0 Å². The summed E-state index contributed by atoms with van der Waals surface area (Å²) in [4.78, 5) is 24.9. The fourth-order valence-corrected chi connectivity index (χ4v) is 4.48. The first-order valence-electron chi connectivity index (χ1n) is 11.6. The van der Waals surface area contributed by atoms with E-state index in [4.69, 9.17) is 26.0 Å². The van der Waals surface area contributed by atoms with Crippen molar-refractivity contribution in [2.24, 2.45) is 11.7 Å². The number of primary amides is 1. The number of ether oxygens (including phenoxy) is 2. The molecule has 2 heterocycles. The van der Waals surface area contributed by atoms with E-state index in [2.05, 4.69) is 12.2 Å². The molecule has 0 aliphatic carbocycles. The van der Waals surface area contributed by atoms with E-state index in [1.807, 2.05) is 37.3 Å². The molecule has 2 aromatic carbocycles. The minimum absolute atomic E-state index is 0.00932. The molecule has 3 aromatic rings. The Morgan fingerprint density at radius 3 is 2.57 bits per heavy atom. The maximum atomic E-state index is 12.6. The number of amides is 2. The molecule has 0 unspecified atom stereocenters. The van der Waals surface area contributed by atoms with Crippen molar-refractivity contribution in [1.29, 1.82) is 0 Å².